The van der Waals surface area contributed by atoms with Crippen LogP contribution in [0.1, 0.15) is 38.3 Å². The maximum atomic E-state index is 10.3. The normalized spacial score (nSPS) is 13.3. The molecular weight excluding hydrogens is 306 g/mol. The quantitative estimate of drug-likeness (QED) is 0.765. The summed E-state index contributed by atoms with van der Waals surface area (Å²) in [7, 11) is 4.70. The minimum absolute atomic E-state index is 0. The Bertz CT molecular complexity index is 454. The first kappa shape index (κ1) is 20.8. The number of methoxy groups -OCH3 is 3. The molecular formula is C16H28ClNO4. The summed E-state index contributed by atoms with van der Waals surface area (Å²) in [6.45, 7) is 4.24. The molecule has 0 aliphatic carbocycles. The molecule has 0 aromatic heterocycles. The zero-order valence-electron chi connectivity index (χ0n) is 14.0. The number of halogens is 1. The summed E-state index contributed by atoms with van der Waals surface area (Å²) >= 11 is 0. The Balaban J connectivity index is 0.00000441. The second-order valence-corrected chi connectivity index (χ2v) is 5.51. The molecule has 6 heteroatoms. The minimum Gasteiger partial charge on any atom is -0.496 e. The number of benzene rings is 1. The van der Waals surface area contributed by atoms with Gasteiger partial charge in [-0.3, -0.25) is 0 Å². The Morgan fingerprint density at radius 2 is 1.45 bits per heavy atom. The third-order valence-electron chi connectivity index (χ3n) is 3.55. The Labute approximate surface area is 139 Å². The van der Waals surface area contributed by atoms with Crippen LogP contribution in [-0.2, 0) is 0 Å². The first-order valence-corrected chi connectivity index (χ1v) is 7.18. The highest BCUT2D eigenvalue weighted by molar-refractivity contribution is 5.85. The lowest BCUT2D eigenvalue weighted by atomic mass is 9.95. The van der Waals surface area contributed by atoms with Gasteiger partial charge in [0.25, 0.3) is 0 Å². The predicted octanol–water partition coefficient (Wildman–Crippen LogP) is 2.93. The first-order valence-electron chi connectivity index (χ1n) is 7.18. The van der Waals surface area contributed by atoms with E-state index in [2.05, 4.69) is 13.8 Å². The summed E-state index contributed by atoms with van der Waals surface area (Å²) in [5.74, 6) is 2.25. The molecule has 0 saturated heterocycles. The van der Waals surface area contributed by atoms with Gasteiger partial charge in [-0.15, -0.1) is 12.4 Å². The zero-order chi connectivity index (χ0) is 16.0. The molecule has 0 bridgehead atoms. The molecule has 1 rings (SSSR count). The highest BCUT2D eigenvalue weighted by Gasteiger charge is 2.23. The van der Waals surface area contributed by atoms with E-state index in [4.69, 9.17) is 19.9 Å². The number of aliphatic hydroxyl groups excluding tert-OH is 1. The molecule has 128 valence electrons. The molecule has 0 aliphatic heterocycles. The van der Waals surface area contributed by atoms with E-state index >= 15 is 0 Å². The van der Waals surface area contributed by atoms with Gasteiger partial charge < -0.3 is 25.1 Å². The van der Waals surface area contributed by atoms with E-state index in [1.165, 1.54) is 0 Å². The zero-order valence-corrected chi connectivity index (χ0v) is 14.8. The van der Waals surface area contributed by atoms with Crippen molar-refractivity contribution < 1.29 is 19.3 Å². The highest BCUT2D eigenvalue weighted by Crippen LogP contribution is 2.38. The summed E-state index contributed by atoms with van der Waals surface area (Å²) in [4.78, 5) is 0. The lowest BCUT2D eigenvalue weighted by Gasteiger charge is -2.23. The number of nitrogens with two attached hydrogens (primary N) is 1. The van der Waals surface area contributed by atoms with Crippen LogP contribution in [0.25, 0.3) is 0 Å². The molecule has 0 unspecified atom stereocenters. The number of aliphatic hydroxyl groups is 1. The summed E-state index contributed by atoms with van der Waals surface area (Å²) < 4.78 is 15.9. The SMILES string of the molecule is COc1cc(OC)c([C@@H](N)[C@@H](O)CCC(C)C)cc1OC.Cl. The van der Waals surface area contributed by atoms with E-state index < -0.39 is 12.1 Å². The maximum absolute atomic E-state index is 10.3. The monoisotopic (exact) mass is 333 g/mol. The Morgan fingerprint density at radius 3 is 1.91 bits per heavy atom. The smallest absolute Gasteiger partial charge is 0.164 e. The summed E-state index contributed by atoms with van der Waals surface area (Å²) in [6.07, 6.45) is 0.945. The lowest BCUT2D eigenvalue weighted by Crippen LogP contribution is -2.27. The van der Waals surface area contributed by atoms with Gasteiger partial charge in [-0.1, -0.05) is 13.8 Å². The molecule has 0 fully saturated rings. The van der Waals surface area contributed by atoms with E-state index in [1.807, 2.05) is 0 Å². The van der Waals surface area contributed by atoms with Gasteiger partial charge in [-0.05, 0) is 24.8 Å². The van der Waals surface area contributed by atoms with E-state index in [-0.39, 0.29) is 12.4 Å². The van der Waals surface area contributed by atoms with Crippen molar-refractivity contribution >= 4 is 12.4 Å². The number of rotatable bonds is 8. The van der Waals surface area contributed by atoms with Gasteiger partial charge in [0, 0.05) is 11.6 Å². The third kappa shape index (κ3) is 5.23. The van der Waals surface area contributed by atoms with Crippen LogP contribution in [0.15, 0.2) is 12.1 Å². The van der Waals surface area contributed by atoms with Crippen molar-refractivity contribution in [2.45, 2.75) is 38.8 Å². The minimum atomic E-state index is -0.626. The van der Waals surface area contributed by atoms with Gasteiger partial charge in [-0.2, -0.15) is 0 Å². The Hall–Kier alpha value is -1.17. The Morgan fingerprint density at radius 1 is 0.955 bits per heavy atom. The van der Waals surface area contributed by atoms with Crippen molar-refractivity contribution in [3.8, 4) is 17.2 Å². The molecule has 2 atom stereocenters. The van der Waals surface area contributed by atoms with Crippen LogP contribution >= 0.6 is 12.4 Å². The number of ether oxygens (including phenoxy) is 3. The standard InChI is InChI=1S/C16H27NO4.ClH/c1-10(2)6-7-12(18)16(17)11-8-14(20-4)15(21-5)9-13(11)19-3;/h8-10,12,16,18H,6-7,17H2,1-5H3;1H/t12-,16+;/m0./s1. The van der Waals surface area contributed by atoms with Crippen LogP contribution in [0, 0.1) is 5.92 Å². The van der Waals surface area contributed by atoms with Gasteiger partial charge in [0.15, 0.2) is 11.5 Å². The summed E-state index contributed by atoms with van der Waals surface area (Å²) in [5.41, 5.74) is 6.90. The average molecular weight is 334 g/mol. The molecule has 1 aromatic carbocycles. The predicted molar refractivity (Wildman–Crippen MR) is 90.4 cm³/mol. The van der Waals surface area contributed by atoms with Crippen molar-refractivity contribution in [3.63, 3.8) is 0 Å². The van der Waals surface area contributed by atoms with Crippen molar-refractivity contribution in [3.05, 3.63) is 17.7 Å². The number of hydrogen-bond acceptors (Lipinski definition) is 5. The molecule has 1 aromatic rings. The van der Waals surface area contributed by atoms with Gasteiger partial charge in [0.2, 0.25) is 0 Å². The lowest BCUT2D eigenvalue weighted by molar-refractivity contribution is 0.127. The maximum Gasteiger partial charge on any atom is 0.164 e. The van der Waals surface area contributed by atoms with Crippen LogP contribution in [0.4, 0.5) is 0 Å². The Kier molecular flexibility index (Phi) is 9.25. The summed E-state index contributed by atoms with van der Waals surface area (Å²) in [5, 5.41) is 10.3. The fourth-order valence-corrected chi connectivity index (χ4v) is 2.20. The van der Waals surface area contributed by atoms with Crippen molar-refractivity contribution in [2.75, 3.05) is 21.3 Å². The first-order chi connectivity index (χ1) is 9.94. The van der Waals surface area contributed by atoms with Crippen molar-refractivity contribution in [1.29, 1.82) is 0 Å². The van der Waals surface area contributed by atoms with Gasteiger partial charge in [0.05, 0.1) is 33.5 Å². The highest BCUT2D eigenvalue weighted by atomic mass is 35.5. The van der Waals surface area contributed by atoms with Crippen LogP contribution in [0.3, 0.4) is 0 Å². The van der Waals surface area contributed by atoms with Gasteiger partial charge in [0.1, 0.15) is 5.75 Å². The average Bonchev–Trinajstić information content (AvgIpc) is 2.50. The van der Waals surface area contributed by atoms with Crippen LogP contribution in [-0.4, -0.2) is 32.5 Å². The van der Waals surface area contributed by atoms with Gasteiger partial charge in [-0.25, -0.2) is 0 Å². The van der Waals surface area contributed by atoms with Crippen molar-refractivity contribution in [2.24, 2.45) is 11.7 Å². The molecule has 0 saturated carbocycles. The van der Waals surface area contributed by atoms with E-state index in [0.29, 0.717) is 35.2 Å². The summed E-state index contributed by atoms with van der Waals surface area (Å²) in [6, 6.07) is 2.96. The second-order valence-electron chi connectivity index (χ2n) is 5.51. The molecule has 5 nitrogen and oxygen atoms in total. The molecule has 3 N–H and O–H groups in total. The largest absolute Gasteiger partial charge is 0.496 e. The fraction of sp³-hybridized carbons (Fsp3) is 0.625. The third-order valence-corrected chi connectivity index (χ3v) is 3.55. The van der Waals surface area contributed by atoms with Crippen LogP contribution < -0.4 is 19.9 Å². The van der Waals surface area contributed by atoms with Crippen LogP contribution in [0.5, 0.6) is 17.2 Å². The second kappa shape index (κ2) is 9.77. The molecule has 22 heavy (non-hydrogen) atoms. The van der Waals surface area contributed by atoms with E-state index in [9.17, 15) is 5.11 Å². The molecule has 0 heterocycles. The molecule has 0 spiro atoms. The molecule has 0 aliphatic rings. The fourth-order valence-electron chi connectivity index (χ4n) is 2.20. The van der Waals surface area contributed by atoms with E-state index in [1.54, 1.807) is 33.5 Å². The number of hydrogen-bond donors (Lipinski definition) is 2. The van der Waals surface area contributed by atoms with E-state index in [0.717, 1.165) is 6.42 Å². The van der Waals surface area contributed by atoms with Gasteiger partial charge >= 0.3 is 0 Å². The molecule has 0 radical (unpaired) electrons. The van der Waals surface area contributed by atoms with Crippen molar-refractivity contribution in [1.82, 2.24) is 0 Å². The topological polar surface area (TPSA) is 73.9 Å². The molecule has 0 amide bonds. The van der Waals surface area contributed by atoms with Crippen LogP contribution in [0.2, 0.25) is 0 Å².